The van der Waals surface area contributed by atoms with E-state index < -0.39 is 18.3 Å². The SMILES string of the molecule is CC1(C)OB(c2c3ccccc3c(-c3ccc(-c4nc5c(-c6ccccc6)cc(-c6ccccc6)cn5n4)cc3)c3ccccc23)OC1(C)C. The van der Waals surface area contributed by atoms with Crippen LogP contribution in [0.3, 0.4) is 0 Å². The van der Waals surface area contributed by atoms with Crippen molar-refractivity contribution in [1.82, 2.24) is 14.6 Å². The molecule has 3 heterocycles. The van der Waals surface area contributed by atoms with Crippen LogP contribution in [-0.4, -0.2) is 32.9 Å². The number of fused-ring (bicyclic) bond motifs is 3. The van der Waals surface area contributed by atoms with Crippen molar-refractivity contribution in [2.24, 2.45) is 0 Å². The predicted octanol–water partition coefficient (Wildman–Crippen LogP) is 10.0. The van der Waals surface area contributed by atoms with E-state index in [0.29, 0.717) is 5.82 Å². The molecule has 242 valence electrons. The fraction of sp³-hybridized carbons (Fsp3) is 0.136. The Kier molecular flexibility index (Phi) is 7.02. The fourth-order valence-electron chi connectivity index (χ4n) is 7.20. The second-order valence-electron chi connectivity index (χ2n) is 14.1. The van der Waals surface area contributed by atoms with Gasteiger partial charge < -0.3 is 9.31 Å². The van der Waals surface area contributed by atoms with Gasteiger partial charge in [-0.25, -0.2) is 9.50 Å². The van der Waals surface area contributed by atoms with Crippen LogP contribution in [0.5, 0.6) is 0 Å². The van der Waals surface area contributed by atoms with Crippen molar-refractivity contribution in [2.45, 2.75) is 38.9 Å². The summed E-state index contributed by atoms with van der Waals surface area (Å²) >= 11 is 0. The molecular weight excluding hydrogens is 613 g/mol. The molecule has 8 aromatic rings. The van der Waals surface area contributed by atoms with Crippen molar-refractivity contribution in [3.8, 4) is 44.8 Å². The third-order valence-corrected chi connectivity index (χ3v) is 10.5. The van der Waals surface area contributed by atoms with Crippen molar-refractivity contribution in [2.75, 3.05) is 0 Å². The number of nitrogens with zero attached hydrogens (tertiary/aromatic N) is 3. The molecule has 0 radical (unpaired) electrons. The molecule has 0 bridgehead atoms. The van der Waals surface area contributed by atoms with Crippen LogP contribution in [0.4, 0.5) is 0 Å². The van der Waals surface area contributed by atoms with E-state index >= 15 is 0 Å². The Labute approximate surface area is 292 Å². The summed E-state index contributed by atoms with van der Waals surface area (Å²) in [4.78, 5) is 5.10. The number of aromatic nitrogens is 3. The van der Waals surface area contributed by atoms with Gasteiger partial charge in [-0.2, -0.15) is 0 Å². The largest absolute Gasteiger partial charge is 0.496 e. The van der Waals surface area contributed by atoms with Gasteiger partial charge in [-0.15, -0.1) is 5.10 Å². The highest BCUT2D eigenvalue weighted by atomic mass is 16.7. The van der Waals surface area contributed by atoms with E-state index in [1.165, 1.54) is 5.56 Å². The molecule has 0 unspecified atom stereocenters. The lowest BCUT2D eigenvalue weighted by molar-refractivity contribution is 0.00578. The molecule has 6 heteroatoms. The number of benzene rings is 6. The van der Waals surface area contributed by atoms with Crippen molar-refractivity contribution in [3.63, 3.8) is 0 Å². The first-order valence-corrected chi connectivity index (χ1v) is 17.2. The van der Waals surface area contributed by atoms with Crippen molar-refractivity contribution in [3.05, 3.63) is 146 Å². The Bertz CT molecular complexity index is 2470. The summed E-state index contributed by atoms with van der Waals surface area (Å²) in [7, 11) is -0.476. The van der Waals surface area contributed by atoms with Gasteiger partial charge in [-0.3, -0.25) is 0 Å². The van der Waals surface area contributed by atoms with Crippen LogP contribution in [0.15, 0.2) is 146 Å². The van der Waals surface area contributed by atoms with E-state index in [1.54, 1.807) is 0 Å². The summed E-state index contributed by atoms with van der Waals surface area (Å²) in [5, 5.41) is 9.60. The van der Waals surface area contributed by atoms with Crippen LogP contribution >= 0.6 is 0 Å². The van der Waals surface area contributed by atoms with Gasteiger partial charge in [0.2, 0.25) is 0 Å². The normalized spacial score (nSPS) is 15.3. The van der Waals surface area contributed by atoms with Gasteiger partial charge in [-0.1, -0.05) is 133 Å². The highest BCUT2D eigenvalue weighted by Crippen LogP contribution is 2.41. The number of hydrogen-bond acceptors (Lipinski definition) is 4. The molecule has 0 spiro atoms. The minimum Gasteiger partial charge on any atom is -0.399 e. The van der Waals surface area contributed by atoms with E-state index in [9.17, 15) is 0 Å². The van der Waals surface area contributed by atoms with Gasteiger partial charge in [0.25, 0.3) is 0 Å². The first-order valence-electron chi connectivity index (χ1n) is 17.2. The molecule has 2 aromatic heterocycles. The van der Waals surface area contributed by atoms with E-state index in [0.717, 1.165) is 66.0 Å². The van der Waals surface area contributed by atoms with Crippen LogP contribution < -0.4 is 5.46 Å². The monoisotopic (exact) mass is 649 g/mol. The van der Waals surface area contributed by atoms with E-state index in [2.05, 4.69) is 161 Å². The molecule has 1 fully saturated rings. The minimum atomic E-state index is -0.476. The van der Waals surface area contributed by atoms with Crippen LogP contribution in [-0.2, 0) is 9.31 Å². The minimum absolute atomic E-state index is 0.439. The smallest absolute Gasteiger partial charge is 0.399 e. The summed E-state index contributed by atoms with van der Waals surface area (Å²) in [5.74, 6) is 0.685. The molecule has 6 aromatic carbocycles. The molecular formula is C44H36BN3O2. The van der Waals surface area contributed by atoms with Crippen LogP contribution in [0.25, 0.3) is 72.0 Å². The average molecular weight is 650 g/mol. The van der Waals surface area contributed by atoms with Crippen molar-refractivity contribution >= 4 is 39.8 Å². The highest BCUT2D eigenvalue weighted by molar-refractivity contribution is 6.69. The highest BCUT2D eigenvalue weighted by Gasteiger charge is 2.52. The Morgan fingerprint density at radius 2 is 1.02 bits per heavy atom. The summed E-state index contributed by atoms with van der Waals surface area (Å²) in [6, 6.07) is 48.9. The summed E-state index contributed by atoms with van der Waals surface area (Å²) < 4.78 is 15.2. The van der Waals surface area contributed by atoms with Gasteiger partial charge >= 0.3 is 7.12 Å². The maximum Gasteiger partial charge on any atom is 0.496 e. The summed E-state index contributed by atoms with van der Waals surface area (Å²) in [6.07, 6.45) is 2.07. The summed E-state index contributed by atoms with van der Waals surface area (Å²) in [5.41, 5.74) is 8.67. The maximum atomic E-state index is 6.63. The lowest BCUT2D eigenvalue weighted by Crippen LogP contribution is -2.41. The topological polar surface area (TPSA) is 48.7 Å². The van der Waals surface area contributed by atoms with E-state index in [1.807, 2.05) is 16.6 Å². The summed E-state index contributed by atoms with van der Waals surface area (Å²) in [6.45, 7) is 8.43. The Morgan fingerprint density at radius 1 is 0.520 bits per heavy atom. The lowest BCUT2D eigenvalue weighted by Gasteiger charge is -2.32. The third-order valence-electron chi connectivity index (χ3n) is 10.5. The quantitative estimate of drug-likeness (QED) is 0.138. The Morgan fingerprint density at radius 3 is 1.60 bits per heavy atom. The molecule has 0 atom stereocenters. The van der Waals surface area contributed by atoms with Crippen LogP contribution in [0.2, 0.25) is 0 Å². The molecule has 0 saturated carbocycles. The molecule has 50 heavy (non-hydrogen) atoms. The van der Waals surface area contributed by atoms with Gasteiger partial charge in [0, 0.05) is 22.9 Å². The van der Waals surface area contributed by atoms with Gasteiger partial charge in [0.1, 0.15) is 0 Å². The fourth-order valence-corrected chi connectivity index (χ4v) is 7.20. The number of rotatable bonds is 5. The molecule has 9 rings (SSSR count). The van der Waals surface area contributed by atoms with Crippen molar-refractivity contribution in [1.29, 1.82) is 0 Å². The lowest BCUT2D eigenvalue weighted by atomic mass is 9.71. The first kappa shape index (κ1) is 30.5. The van der Waals surface area contributed by atoms with E-state index in [4.69, 9.17) is 19.4 Å². The standard InChI is InChI=1S/C44H36BN3O2/c1-43(2)44(3,4)50-45(49-43)40-36-21-13-11-19-34(36)39(35-20-12-14-22-37(35)40)31-23-25-32(26-24-31)41-46-42-38(30-17-9-6-10-18-30)27-33(28-48(42)47-41)29-15-7-5-8-16-29/h5-28H,1-4H3. The van der Waals surface area contributed by atoms with Crippen LogP contribution in [0.1, 0.15) is 27.7 Å². The Balaban J connectivity index is 1.17. The molecule has 0 N–H and O–H groups in total. The molecule has 5 nitrogen and oxygen atoms in total. The maximum absolute atomic E-state index is 6.63. The predicted molar refractivity (Wildman–Crippen MR) is 205 cm³/mol. The number of pyridine rings is 1. The second kappa shape index (κ2) is 11.5. The number of hydrogen-bond donors (Lipinski definition) is 0. The van der Waals surface area contributed by atoms with Crippen LogP contribution in [0, 0.1) is 0 Å². The zero-order valence-corrected chi connectivity index (χ0v) is 28.6. The molecule has 1 aliphatic heterocycles. The zero-order chi connectivity index (χ0) is 34.0. The average Bonchev–Trinajstić information content (AvgIpc) is 3.67. The van der Waals surface area contributed by atoms with E-state index in [-0.39, 0.29) is 0 Å². The van der Waals surface area contributed by atoms with Gasteiger partial charge in [-0.05, 0) is 83.0 Å². The first-order chi connectivity index (χ1) is 24.3. The Hall–Kier alpha value is -5.56. The second-order valence-corrected chi connectivity index (χ2v) is 14.1. The molecule has 0 amide bonds. The van der Waals surface area contributed by atoms with Gasteiger partial charge in [0.05, 0.1) is 11.2 Å². The molecule has 1 aliphatic rings. The zero-order valence-electron chi connectivity index (χ0n) is 28.6. The third kappa shape index (κ3) is 4.94. The molecule has 1 saturated heterocycles. The molecule has 0 aliphatic carbocycles. The van der Waals surface area contributed by atoms with Crippen molar-refractivity contribution < 1.29 is 9.31 Å². The van der Waals surface area contributed by atoms with Gasteiger partial charge in [0.15, 0.2) is 11.5 Å².